The molecule has 0 aliphatic heterocycles. The molecule has 0 saturated carbocycles. The largest absolute Gasteiger partial charge is 0.481 e. The number of aliphatic carboxylic acids is 3. The van der Waals surface area contributed by atoms with Crippen molar-refractivity contribution >= 4 is 59.3 Å². The normalized spacial score (nSPS) is 15.4. The van der Waals surface area contributed by atoms with E-state index in [0.717, 1.165) is 6.92 Å². The second kappa shape index (κ2) is 24.0. The van der Waals surface area contributed by atoms with Gasteiger partial charge < -0.3 is 63.8 Å². The summed E-state index contributed by atoms with van der Waals surface area (Å²) in [5.41, 5.74) is 11.2. The van der Waals surface area contributed by atoms with Crippen molar-refractivity contribution in [1.82, 2.24) is 31.9 Å². The van der Waals surface area contributed by atoms with Crippen LogP contribution in [0.5, 0.6) is 0 Å². The van der Waals surface area contributed by atoms with Crippen LogP contribution in [0, 0.1) is 11.8 Å². The molecule has 0 heterocycles. The third-order valence-corrected chi connectivity index (χ3v) is 8.17. The van der Waals surface area contributed by atoms with Crippen LogP contribution in [-0.2, 0) is 47.9 Å². The van der Waals surface area contributed by atoms with Gasteiger partial charge in [0.05, 0.1) is 18.7 Å². The van der Waals surface area contributed by atoms with Crippen LogP contribution in [0.25, 0.3) is 0 Å². The van der Waals surface area contributed by atoms with Gasteiger partial charge in [0.25, 0.3) is 0 Å². The van der Waals surface area contributed by atoms with Gasteiger partial charge in [-0.15, -0.1) is 0 Å². The zero-order chi connectivity index (χ0) is 41.9. The number of carbonyl (C=O) groups is 10. The lowest BCUT2D eigenvalue weighted by molar-refractivity contribution is -0.144. The third-order valence-electron chi connectivity index (χ3n) is 8.17. The maximum Gasteiger partial charge on any atom is 0.326 e. The predicted molar refractivity (Wildman–Crippen MR) is 186 cm³/mol. The molecule has 0 aliphatic rings. The minimum absolute atomic E-state index is 0.306. The van der Waals surface area contributed by atoms with Crippen LogP contribution in [0.2, 0.25) is 0 Å². The maximum absolute atomic E-state index is 13.4. The molecule has 0 aromatic carbocycles. The fraction of sp³-hybridized carbons (Fsp3) is 0.688. The Kier molecular flexibility index (Phi) is 21.6. The Balaban J connectivity index is 6.05. The molecular formula is C32H54N8O14. The van der Waals surface area contributed by atoms with E-state index in [1.165, 1.54) is 13.8 Å². The molecule has 306 valence electrons. The van der Waals surface area contributed by atoms with E-state index in [-0.39, 0.29) is 18.8 Å². The van der Waals surface area contributed by atoms with Gasteiger partial charge in [-0.2, -0.15) is 0 Å². The highest BCUT2D eigenvalue weighted by Gasteiger charge is 2.33. The number of carboxylic acids is 3. The van der Waals surface area contributed by atoms with Crippen LogP contribution < -0.4 is 43.4 Å². The Hall–Kier alpha value is -5.38. The molecule has 0 bridgehead atoms. The molecule has 0 rings (SSSR count). The standard InChI is InChI=1S/C32H54N8O14/c1-6-15(4)24(34)30(51)38-18(7-10-20(33)42)28(49)37-19(9-12-23(46)47)29(50)36-17(8-11-22(44)45)27(48)35-13-21(43)39-26(16(5)41)31(52)40-25(14(2)3)32(53)54/h14-19,24-26,41H,6-13,34H2,1-5H3,(H2,33,42)(H,35,48)(H,36,50)(H,37,49)(H,38,51)(H,39,43)(H,40,52)(H,44,45)(H,46,47)(H,53,54)/t15-,16+,17-,18-,19-,24-,25-,26-/m0/s1. The smallest absolute Gasteiger partial charge is 0.326 e. The molecule has 0 fully saturated rings. The second-order valence-corrected chi connectivity index (χ2v) is 13.0. The summed E-state index contributed by atoms with van der Waals surface area (Å²) in [4.78, 5) is 124. The van der Waals surface area contributed by atoms with Crippen molar-refractivity contribution in [2.45, 2.75) is 122 Å². The molecule has 0 aromatic rings. The zero-order valence-electron chi connectivity index (χ0n) is 30.9. The molecule has 0 radical (unpaired) electrons. The molecule has 14 N–H and O–H groups in total. The molecule has 22 heteroatoms. The molecule has 0 aromatic heterocycles. The lowest BCUT2D eigenvalue weighted by atomic mass is 9.98. The molecule has 0 unspecified atom stereocenters. The highest BCUT2D eigenvalue weighted by atomic mass is 16.4. The van der Waals surface area contributed by atoms with Crippen molar-refractivity contribution in [3.8, 4) is 0 Å². The van der Waals surface area contributed by atoms with Crippen molar-refractivity contribution < 1.29 is 68.4 Å². The number of hydrogen-bond acceptors (Lipinski definition) is 12. The van der Waals surface area contributed by atoms with Crippen molar-refractivity contribution in [3.63, 3.8) is 0 Å². The number of rotatable bonds is 26. The monoisotopic (exact) mass is 774 g/mol. The number of amides is 7. The van der Waals surface area contributed by atoms with Gasteiger partial charge in [-0.25, -0.2) is 4.79 Å². The van der Waals surface area contributed by atoms with Gasteiger partial charge in [-0.3, -0.25) is 43.2 Å². The first-order valence-electron chi connectivity index (χ1n) is 17.2. The second-order valence-electron chi connectivity index (χ2n) is 13.0. The first-order chi connectivity index (χ1) is 25.0. The van der Waals surface area contributed by atoms with Gasteiger partial charge >= 0.3 is 17.9 Å². The average molecular weight is 775 g/mol. The Morgan fingerprint density at radius 1 is 0.593 bits per heavy atom. The van der Waals surface area contributed by atoms with Crippen molar-refractivity contribution in [2.75, 3.05) is 6.54 Å². The van der Waals surface area contributed by atoms with E-state index in [9.17, 15) is 68.4 Å². The fourth-order valence-corrected chi connectivity index (χ4v) is 4.63. The number of carbonyl (C=O) groups excluding carboxylic acids is 7. The quantitative estimate of drug-likeness (QED) is 0.0399. The Bertz CT molecular complexity index is 1370. The number of nitrogens with one attached hydrogen (secondary N) is 6. The SMILES string of the molecule is CC[C@H](C)[C@H](N)C(=O)N[C@@H](CCC(N)=O)C(=O)N[C@@H](CCC(=O)O)C(=O)N[C@@H](CCC(=O)O)C(=O)NCC(=O)N[C@H](C(=O)N[C@H](C(=O)O)C(C)C)[C@@H](C)O. The van der Waals surface area contributed by atoms with Crippen molar-refractivity contribution in [1.29, 1.82) is 0 Å². The fourth-order valence-electron chi connectivity index (χ4n) is 4.63. The number of nitrogens with two attached hydrogens (primary N) is 2. The van der Waals surface area contributed by atoms with Crippen LogP contribution in [0.4, 0.5) is 0 Å². The summed E-state index contributed by atoms with van der Waals surface area (Å²) in [7, 11) is 0. The summed E-state index contributed by atoms with van der Waals surface area (Å²) in [6, 6.07) is -8.88. The van der Waals surface area contributed by atoms with Crippen molar-refractivity contribution in [3.05, 3.63) is 0 Å². The van der Waals surface area contributed by atoms with Gasteiger partial charge in [0.1, 0.15) is 30.2 Å². The highest BCUT2D eigenvalue weighted by Crippen LogP contribution is 2.09. The number of primary amides is 1. The zero-order valence-corrected chi connectivity index (χ0v) is 30.9. The van der Waals surface area contributed by atoms with Crippen molar-refractivity contribution in [2.24, 2.45) is 23.3 Å². The molecule has 8 atom stereocenters. The topological polar surface area (TPSA) is 376 Å². The Morgan fingerprint density at radius 2 is 1.04 bits per heavy atom. The summed E-state index contributed by atoms with van der Waals surface area (Å²) >= 11 is 0. The number of aliphatic hydroxyl groups excluding tert-OH is 1. The Labute approximate surface area is 311 Å². The minimum atomic E-state index is -1.68. The lowest BCUT2D eigenvalue weighted by Crippen LogP contribution is -2.59. The molecule has 7 amide bonds. The Morgan fingerprint density at radius 3 is 1.43 bits per heavy atom. The molecule has 0 saturated heterocycles. The molecular weight excluding hydrogens is 720 g/mol. The number of aliphatic hydroxyl groups is 1. The van der Waals surface area contributed by atoms with Crippen LogP contribution in [-0.4, -0.2) is 129 Å². The van der Waals surface area contributed by atoms with Gasteiger partial charge in [-0.05, 0) is 38.0 Å². The third kappa shape index (κ3) is 18.4. The van der Waals surface area contributed by atoms with E-state index < -0.39 is 140 Å². The van der Waals surface area contributed by atoms with Gasteiger partial charge in [0, 0.05) is 19.3 Å². The van der Waals surface area contributed by atoms with E-state index in [2.05, 4.69) is 31.9 Å². The van der Waals surface area contributed by atoms with E-state index >= 15 is 0 Å². The van der Waals surface area contributed by atoms with Crippen LogP contribution in [0.3, 0.4) is 0 Å². The number of hydrogen-bond donors (Lipinski definition) is 12. The van der Waals surface area contributed by atoms with E-state index in [1.54, 1.807) is 13.8 Å². The van der Waals surface area contributed by atoms with E-state index in [1.807, 2.05) is 0 Å². The van der Waals surface area contributed by atoms with Crippen LogP contribution >= 0.6 is 0 Å². The molecule has 0 spiro atoms. The van der Waals surface area contributed by atoms with Crippen LogP contribution in [0.15, 0.2) is 0 Å². The maximum atomic E-state index is 13.4. The molecule has 22 nitrogen and oxygen atoms in total. The number of carboxylic acid groups (broad SMARTS) is 3. The first-order valence-corrected chi connectivity index (χ1v) is 17.2. The summed E-state index contributed by atoms with van der Waals surface area (Å²) in [6.07, 6.45) is -4.17. The molecule has 54 heavy (non-hydrogen) atoms. The predicted octanol–water partition coefficient (Wildman–Crippen LogP) is -3.98. The van der Waals surface area contributed by atoms with E-state index in [0.29, 0.717) is 6.42 Å². The summed E-state index contributed by atoms with van der Waals surface area (Å²) < 4.78 is 0. The first kappa shape index (κ1) is 48.6. The lowest BCUT2D eigenvalue weighted by Gasteiger charge is -2.26. The van der Waals surface area contributed by atoms with Crippen LogP contribution in [0.1, 0.15) is 79.6 Å². The summed E-state index contributed by atoms with van der Waals surface area (Å²) in [5.74, 6) is -12.0. The van der Waals surface area contributed by atoms with Gasteiger partial charge in [-0.1, -0.05) is 34.1 Å². The minimum Gasteiger partial charge on any atom is -0.481 e. The summed E-state index contributed by atoms with van der Waals surface area (Å²) in [6.45, 7) is 6.77. The van der Waals surface area contributed by atoms with Gasteiger partial charge in [0.15, 0.2) is 0 Å². The highest BCUT2D eigenvalue weighted by molar-refractivity contribution is 5.96. The molecule has 0 aliphatic carbocycles. The summed E-state index contributed by atoms with van der Waals surface area (Å²) in [5, 5.41) is 51.2. The van der Waals surface area contributed by atoms with E-state index in [4.69, 9.17) is 11.5 Å². The van der Waals surface area contributed by atoms with Gasteiger partial charge in [0.2, 0.25) is 41.4 Å². The average Bonchev–Trinajstić information content (AvgIpc) is 3.08.